The molecule has 0 aromatic carbocycles. The highest BCUT2D eigenvalue weighted by atomic mass is 16.6. The number of carbonyl (C=O) groups is 3. The van der Waals surface area contributed by atoms with Crippen molar-refractivity contribution in [2.45, 2.75) is 207 Å². The molecule has 0 saturated carbocycles. The lowest BCUT2D eigenvalue weighted by Crippen LogP contribution is -2.30. The van der Waals surface area contributed by atoms with E-state index in [0.29, 0.717) is 19.3 Å². The van der Waals surface area contributed by atoms with Crippen LogP contribution in [0.2, 0.25) is 0 Å². The van der Waals surface area contributed by atoms with Crippen LogP contribution < -0.4 is 0 Å². The summed E-state index contributed by atoms with van der Waals surface area (Å²) in [5.74, 6) is -1.03. The summed E-state index contributed by atoms with van der Waals surface area (Å²) >= 11 is 0. The van der Waals surface area contributed by atoms with Gasteiger partial charge in [0.1, 0.15) is 13.2 Å². The summed E-state index contributed by atoms with van der Waals surface area (Å²) in [7, 11) is 0. The van der Waals surface area contributed by atoms with Crippen LogP contribution in [0.1, 0.15) is 201 Å². The van der Waals surface area contributed by atoms with Crippen LogP contribution in [-0.4, -0.2) is 37.2 Å². The van der Waals surface area contributed by atoms with Crippen molar-refractivity contribution in [1.82, 2.24) is 0 Å². The van der Waals surface area contributed by atoms with Gasteiger partial charge in [0.25, 0.3) is 0 Å². The normalized spacial score (nSPS) is 13.3. The molecule has 1 atom stereocenters. The highest BCUT2D eigenvalue weighted by Crippen LogP contribution is 2.12. The Labute approximate surface area is 410 Å². The molecule has 67 heavy (non-hydrogen) atoms. The number of ether oxygens (including phenoxy) is 3. The van der Waals surface area contributed by atoms with Crippen molar-refractivity contribution in [3.05, 3.63) is 146 Å². The minimum Gasteiger partial charge on any atom is -0.462 e. The largest absolute Gasteiger partial charge is 0.462 e. The molecule has 0 aromatic rings. The Balaban J connectivity index is 4.60. The molecule has 0 aliphatic heterocycles. The second-order valence-corrected chi connectivity index (χ2v) is 16.9. The van der Waals surface area contributed by atoms with Crippen molar-refractivity contribution >= 4 is 17.9 Å². The summed E-state index contributed by atoms with van der Waals surface area (Å²) in [4.78, 5) is 38.0. The molecule has 0 amide bonds. The van der Waals surface area contributed by atoms with Crippen molar-refractivity contribution in [2.24, 2.45) is 0 Å². The molecule has 1 unspecified atom stereocenters. The van der Waals surface area contributed by atoms with E-state index in [0.717, 1.165) is 103 Å². The molecule has 0 saturated heterocycles. The van der Waals surface area contributed by atoms with Crippen LogP contribution >= 0.6 is 0 Å². The third-order valence-corrected chi connectivity index (χ3v) is 10.5. The third-order valence-electron chi connectivity index (χ3n) is 10.5. The number of esters is 3. The van der Waals surface area contributed by atoms with E-state index in [1.54, 1.807) is 0 Å². The van der Waals surface area contributed by atoms with Crippen molar-refractivity contribution < 1.29 is 28.6 Å². The third kappa shape index (κ3) is 52.1. The highest BCUT2D eigenvalue weighted by Gasteiger charge is 2.19. The second kappa shape index (κ2) is 53.9. The fourth-order valence-electron chi connectivity index (χ4n) is 6.61. The molecule has 0 aliphatic rings. The van der Waals surface area contributed by atoms with E-state index in [-0.39, 0.29) is 44.0 Å². The highest BCUT2D eigenvalue weighted by molar-refractivity contribution is 5.71. The first-order valence-corrected chi connectivity index (χ1v) is 26.5. The molecular weight excluding hydrogens is 829 g/mol. The van der Waals surface area contributed by atoms with Gasteiger partial charge in [0.05, 0.1) is 0 Å². The summed E-state index contributed by atoms with van der Waals surface area (Å²) in [6, 6.07) is 0. The van der Waals surface area contributed by atoms with Gasteiger partial charge in [0.2, 0.25) is 0 Å². The van der Waals surface area contributed by atoms with Crippen LogP contribution in [0.3, 0.4) is 0 Å². The predicted octanol–water partition coefficient (Wildman–Crippen LogP) is 17.6. The van der Waals surface area contributed by atoms with E-state index in [2.05, 4.69) is 93.7 Å². The van der Waals surface area contributed by atoms with Gasteiger partial charge in [-0.3, -0.25) is 14.4 Å². The Morgan fingerprint density at radius 2 is 0.657 bits per heavy atom. The van der Waals surface area contributed by atoms with E-state index in [4.69, 9.17) is 14.2 Å². The molecule has 0 heterocycles. The van der Waals surface area contributed by atoms with Crippen molar-refractivity contribution in [3.63, 3.8) is 0 Å². The molecule has 0 rings (SSSR count). The van der Waals surface area contributed by atoms with Gasteiger partial charge in [-0.1, -0.05) is 231 Å². The van der Waals surface area contributed by atoms with E-state index >= 15 is 0 Å². The number of carbonyl (C=O) groups excluding carboxylic acids is 3. The molecule has 0 radical (unpaired) electrons. The summed E-state index contributed by atoms with van der Waals surface area (Å²) in [5, 5.41) is 0. The summed E-state index contributed by atoms with van der Waals surface area (Å²) in [5.41, 5.74) is 0. The van der Waals surface area contributed by atoms with Crippen LogP contribution in [0.4, 0.5) is 0 Å². The maximum Gasteiger partial charge on any atom is 0.306 e. The van der Waals surface area contributed by atoms with Crippen LogP contribution in [0.25, 0.3) is 0 Å². The SMILES string of the molecule is CC\C=C/C=C\C=C/C=C\C=C\C=C/C=C\CCCCCC(=O)OCC(COC(=O)CCCCCC/C=C\C/C=C\C/C=C\CC)OC(=O)CCCCC/C=C\C=C/CCCCCCCCC. The van der Waals surface area contributed by atoms with E-state index in [9.17, 15) is 14.4 Å². The quantitative estimate of drug-likeness (QED) is 0.0199. The van der Waals surface area contributed by atoms with Gasteiger partial charge in [0.15, 0.2) is 6.10 Å². The van der Waals surface area contributed by atoms with Crippen molar-refractivity contribution in [2.75, 3.05) is 13.2 Å². The Kier molecular flexibility index (Phi) is 50.1. The predicted molar refractivity (Wildman–Crippen MR) is 288 cm³/mol. The first-order valence-electron chi connectivity index (χ1n) is 26.5. The summed E-state index contributed by atoms with van der Waals surface area (Å²) in [6.45, 7) is 6.27. The van der Waals surface area contributed by atoms with Crippen molar-refractivity contribution in [1.29, 1.82) is 0 Å². The minimum absolute atomic E-state index is 0.122. The number of hydrogen-bond donors (Lipinski definition) is 0. The number of allylic oxidation sites excluding steroid dienone is 24. The Hall–Kier alpha value is -4.71. The monoisotopic (exact) mass is 923 g/mol. The number of hydrogen-bond acceptors (Lipinski definition) is 6. The molecule has 0 aliphatic carbocycles. The minimum atomic E-state index is -0.827. The zero-order chi connectivity index (χ0) is 48.6. The standard InChI is InChI=1S/C61H94O6/c1-4-7-10-13-16-19-22-25-28-30-31-32-34-36-39-42-45-48-51-54-60(63)66-57-58(56-65-59(62)53-50-47-44-41-38-35-27-24-21-18-15-12-9-6-3)67-61(64)55-52-49-46-43-40-37-33-29-26-23-20-17-14-11-8-5-2/h7,9-10,12-13,16,18-19,21-22,25,27-37,39-40,58H,4-6,8,11,14-15,17,20,23-24,26,38,41-57H2,1-3H3/b10-7-,12-9-,16-13-,21-18-,22-19-,28-25-,31-30+,33-29-,34-32-,35-27-,39-36-,40-37-. The van der Waals surface area contributed by atoms with E-state index in [1.807, 2.05) is 72.9 Å². The smallest absolute Gasteiger partial charge is 0.306 e. The van der Waals surface area contributed by atoms with Gasteiger partial charge in [-0.15, -0.1) is 0 Å². The first kappa shape index (κ1) is 62.3. The van der Waals surface area contributed by atoms with Gasteiger partial charge in [-0.2, -0.15) is 0 Å². The van der Waals surface area contributed by atoms with E-state index in [1.165, 1.54) is 44.9 Å². The molecule has 0 spiro atoms. The van der Waals surface area contributed by atoms with Gasteiger partial charge in [-0.05, 0) is 96.3 Å². The number of unbranched alkanes of at least 4 members (excludes halogenated alkanes) is 17. The van der Waals surface area contributed by atoms with Gasteiger partial charge in [-0.25, -0.2) is 0 Å². The first-order chi connectivity index (χ1) is 33.0. The molecule has 0 aromatic heterocycles. The molecule has 374 valence electrons. The average molecular weight is 923 g/mol. The maximum atomic E-state index is 12.8. The zero-order valence-electron chi connectivity index (χ0n) is 42.6. The van der Waals surface area contributed by atoms with Gasteiger partial charge >= 0.3 is 17.9 Å². The Morgan fingerprint density at radius 3 is 1.12 bits per heavy atom. The molecule has 0 fully saturated rings. The van der Waals surface area contributed by atoms with Crippen LogP contribution in [0, 0.1) is 0 Å². The van der Waals surface area contributed by atoms with Crippen molar-refractivity contribution in [3.8, 4) is 0 Å². The van der Waals surface area contributed by atoms with Gasteiger partial charge < -0.3 is 14.2 Å². The van der Waals surface area contributed by atoms with Gasteiger partial charge in [0, 0.05) is 19.3 Å². The fourth-order valence-corrected chi connectivity index (χ4v) is 6.61. The fraction of sp³-hybridized carbons (Fsp3) is 0.557. The lowest BCUT2D eigenvalue weighted by Gasteiger charge is -2.18. The topological polar surface area (TPSA) is 78.9 Å². The summed E-state index contributed by atoms with van der Waals surface area (Å²) in [6.07, 6.45) is 76.8. The molecule has 6 heteroatoms. The molecule has 6 nitrogen and oxygen atoms in total. The van der Waals surface area contributed by atoms with Crippen LogP contribution in [0.5, 0.6) is 0 Å². The van der Waals surface area contributed by atoms with Crippen LogP contribution in [0.15, 0.2) is 146 Å². The van der Waals surface area contributed by atoms with Crippen LogP contribution in [-0.2, 0) is 28.6 Å². The maximum absolute atomic E-state index is 12.8. The summed E-state index contributed by atoms with van der Waals surface area (Å²) < 4.78 is 16.7. The second-order valence-electron chi connectivity index (χ2n) is 16.9. The van der Waals surface area contributed by atoms with E-state index < -0.39 is 6.10 Å². The molecule has 0 bridgehead atoms. The number of rotatable bonds is 45. The molecular formula is C61H94O6. The zero-order valence-corrected chi connectivity index (χ0v) is 42.6. The lowest BCUT2D eigenvalue weighted by molar-refractivity contribution is -0.167. The Bertz CT molecular complexity index is 1530. The Morgan fingerprint density at radius 1 is 0.328 bits per heavy atom. The average Bonchev–Trinajstić information content (AvgIpc) is 3.33. The molecule has 0 N–H and O–H groups in total. The lowest BCUT2D eigenvalue weighted by atomic mass is 10.1.